The zero-order valence-corrected chi connectivity index (χ0v) is 17.2. The predicted octanol–water partition coefficient (Wildman–Crippen LogP) is 1.08. The smallest absolute Gasteiger partial charge is 0.191 e. The van der Waals surface area contributed by atoms with Gasteiger partial charge in [0, 0.05) is 52.5 Å². The summed E-state index contributed by atoms with van der Waals surface area (Å²) < 4.78 is 10.6. The number of guanidine groups is 1. The van der Waals surface area contributed by atoms with Crippen LogP contribution in [0.5, 0.6) is 0 Å². The number of ether oxygens (including phenoxy) is 2. The monoisotopic (exact) mass is 372 g/mol. The molecule has 1 atom stereocenters. The zero-order chi connectivity index (χ0) is 19.2. The molecule has 7 heteroatoms. The van der Waals surface area contributed by atoms with Crippen LogP contribution in [0.15, 0.2) is 4.99 Å². The van der Waals surface area contributed by atoms with Crippen LogP contribution >= 0.6 is 0 Å². The lowest BCUT2D eigenvalue weighted by Crippen LogP contribution is -2.49. The van der Waals surface area contributed by atoms with Gasteiger partial charge < -0.3 is 30.1 Å². The largest absolute Gasteiger partial charge is 0.389 e. The lowest BCUT2D eigenvalue weighted by atomic mass is 10.1. The minimum Gasteiger partial charge on any atom is -0.389 e. The van der Waals surface area contributed by atoms with Crippen molar-refractivity contribution >= 4 is 5.96 Å². The summed E-state index contributed by atoms with van der Waals surface area (Å²) in [5, 5.41) is 16.8. The molecule has 0 aromatic carbocycles. The van der Waals surface area contributed by atoms with E-state index in [1.54, 1.807) is 7.11 Å². The molecule has 1 aliphatic heterocycles. The van der Waals surface area contributed by atoms with E-state index in [2.05, 4.69) is 41.3 Å². The first-order chi connectivity index (χ1) is 12.5. The van der Waals surface area contributed by atoms with Crippen molar-refractivity contribution in [3.05, 3.63) is 0 Å². The number of methoxy groups -OCH3 is 1. The van der Waals surface area contributed by atoms with E-state index in [9.17, 15) is 5.11 Å². The highest BCUT2D eigenvalue weighted by Gasteiger charge is 2.19. The van der Waals surface area contributed by atoms with Crippen LogP contribution in [0.4, 0.5) is 0 Å². The topological polar surface area (TPSA) is 78.4 Å². The maximum Gasteiger partial charge on any atom is 0.191 e. The van der Waals surface area contributed by atoms with Gasteiger partial charge in [0.2, 0.25) is 0 Å². The Hall–Kier alpha value is -0.890. The summed E-state index contributed by atoms with van der Waals surface area (Å²) in [7, 11) is 1.76. The summed E-state index contributed by atoms with van der Waals surface area (Å²) >= 11 is 0. The molecule has 0 aromatic heterocycles. The summed E-state index contributed by atoms with van der Waals surface area (Å²) in [5.74, 6) is 1.26. The van der Waals surface area contributed by atoms with Crippen LogP contribution < -0.4 is 10.6 Å². The van der Waals surface area contributed by atoms with Gasteiger partial charge in [-0.3, -0.25) is 4.99 Å². The number of aliphatic imine (C=N–C) groups is 1. The van der Waals surface area contributed by atoms with Gasteiger partial charge in [-0.2, -0.15) is 0 Å². The third-order valence-electron chi connectivity index (χ3n) is 4.32. The Morgan fingerprint density at radius 3 is 2.62 bits per heavy atom. The van der Waals surface area contributed by atoms with E-state index >= 15 is 0 Å². The first-order valence-electron chi connectivity index (χ1n) is 10.1. The highest BCUT2D eigenvalue weighted by molar-refractivity contribution is 5.80. The fraction of sp³-hybridized carbons (Fsp3) is 0.947. The number of hydrogen-bond donors (Lipinski definition) is 3. The van der Waals surface area contributed by atoms with Crippen molar-refractivity contribution in [2.75, 3.05) is 59.7 Å². The molecule has 0 aliphatic carbocycles. The molecule has 3 N–H and O–H groups in total. The Morgan fingerprint density at radius 1 is 1.27 bits per heavy atom. The molecular weight excluding hydrogens is 332 g/mol. The Labute approximate surface area is 159 Å². The summed E-state index contributed by atoms with van der Waals surface area (Å²) in [6.45, 7) is 12.6. The molecule has 26 heavy (non-hydrogen) atoms. The molecular formula is C19H40N4O3. The van der Waals surface area contributed by atoms with Crippen molar-refractivity contribution < 1.29 is 14.6 Å². The van der Waals surface area contributed by atoms with Crippen molar-refractivity contribution in [2.45, 2.75) is 52.2 Å². The standard InChI is InChI=1S/C19H40N4O3/c1-5-20-19(21-13-18(24)15-26-14-16(2)3)22-17-7-10-23(11-8-17)9-6-12-25-4/h16-18,24H,5-15H2,1-4H3,(H2,20,21,22). The second-order valence-electron chi connectivity index (χ2n) is 7.41. The summed E-state index contributed by atoms with van der Waals surface area (Å²) in [4.78, 5) is 7.02. The fourth-order valence-corrected chi connectivity index (χ4v) is 2.94. The maximum absolute atomic E-state index is 10.0. The molecule has 0 bridgehead atoms. The van der Waals surface area contributed by atoms with Gasteiger partial charge in [0.05, 0.1) is 19.3 Å². The minimum atomic E-state index is -0.563. The summed E-state index contributed by atoms with van der Waals surface area (Å²) in [6.07, 6.45) is 2.75. The number of nitrogens with zero attached hydrogens (tertiary/aromatic N) is 2. The number of aliphatic hydroxyl groups is 1. The Balaban J connectivity index is 2.31. The van der Waals surface area contributed by atoms with E-state index in [0.29, 0.717) is 31.7 Å². The average molecular weight is 373 g/mol. The molecule has 1 unspecified atom stereocenters. The quantitative estimate of drug-likeness (QED) is 0.270. The van der Waals surface area contributed by atoms with E-state index in [1.165, 1.54) is 0 Å². The summed E-state index contributed by atoms with van der Waals surface area (Å²) in [5.41, 5.74) is 0. The van der Waals surface area contributed by atoms with Crippen molar-refractivity contribution in [2.24, 2.45) is 10.9 Å². The molecule has 154 valence electrons. The SMILES string of the molecule is CCNC(=NCC(O)COCC(C)C)NC1CCN(CCCOC)CC1. The molecule has 0 spiro atoms. The van der Waals surface area contributed by atoms with Gasteiger partial charge in [0.15, 0.2) is 5.96 Å². The van der Waals surface area contributed by atoms with Crippen LogP contribution in [-0.4, -0.2) is 87.8 Å². The first kappa shape index (κ1) is 23.1. The normalized spacial score (nSPS) is 18.3. The number of aliphatic hydroxyl groups excluding tert-OH is 1. The highest BCUT2D eigenvalue weighted by atomic mass is 16.5. The number of nitrogens with one attached hydrogen (secondary N) is 2. The van der Waals surface area contributed by atoms with E-state index < -0.39 is 6.10 Å². The zero-order valence-electron chi connectivity index (χ0n) is 17.2. The Morgan fingerprint density at radius 2 is 2.00 bits per heavy atom. The lowest BCUT2D eigenvalue weighted by molar-refractivity contribution is 0.0301. The van der Waals surface area contributed by atoms with Gasteiger partial charge in [0.1, 0.15) is 0 Å². The van der Waals surface area contributed by atoms with Gasteiger partial charge in [-0.25, -0.2) is 0 Å². The van der Waals surface area contributed by atoms with Crippen molar-refractivity contribution in [3.8, 4) is 0 Å². The van der Waals surface area contributed by atoms with Crippen molar-refractivity contribution in [1.82, 2.24) is 15.5 Å². The molecule has 0 aromatic rings. The van der Waals surface area contributed by atoms with Crippen LogP contribution in [0.3, 0.4) is 0 Å². The maximum atomic E-state index is 10.0. The van der Waals surface area contributed by atoms with Crippen LogP contribution in [0.1, 0.15) is 40.0 Å². The summed E-state index contributed by atoms with van der Waals surface area (Å²) in [6, 6.07) is 0.431. The van der Waals surface area contributed by atoms with E-state index in [0.717, 1.165) is 58.0 Å². The van der Waals surface area contributed by atoms with Gasteiger partial charge in [-0.05, 0) is 32.1 Å². The van der Waals surface area contributed by atoms with Crippen molar-refractivity contribution in [3.63, 3.8) is 0 Å². The Bertz CT molecular complexity index is 372. The molecule has 0 radical (unpaired) electrons. The second-order valence-corrected chi connectivity index (χ2v) is 7.41. The van der Waals surface area contributed by atoms with E-state index in [4.69, 9.17) is 9.47 Å². The number of piperidine rings is 1. The highest BCUT2D eigenvalue weighted by Crippen LogP contribution is 2.10. The molecule has 1 rings (SSSR count). The van der Waals surface area contributed by atoms with Gasteiger partial charge in [-0.15, -0.1) is 0 Å². The third kappa shape index (κ3) is 11.0. The number of hydrogen-bond acceptors (Lipinski definition) is 5. The van der Waals surface area contributed by atoms with Crippen LogP contribution in [-0.2, 0) is 9.47 Å². The first-order valence-corrected chi connectivity index (χ1v) is 10.1. The van der Waals surface area contributed by atoms with Crippen LogP contribution in [0.2, 0.25) is 0 Å². The number of rotatable bonds is 12. The molecule has 1 saturated heterocycles. The van der Waals surface area contributed by atoms with E-state index in [1.807, 2.05) is 0 Å². The lowest BCUT2D eigenvalue weighted by Gasteiger charge is -2.33. The van der Waals surface area contributed by atoms with E-state index in [-0.39, 0.29) is 0 Å². The molecule has 1 heterocycles. The average Bonchev–Trinajstić information content (AvgIpc) is 2.61. The molecule has 0 amide bonds. The predicted molar refractivity (Wildman–Crippen MR) is 107 cm³/mol. The molecule has 7 nitrogen and oxygen atoms in total. The van der Waals surface area contributed by atoms with Gasteiger partial charge in [0.25, 0.3) is 0 Å². The molecule has 1 fully saturated rings. The van der Waals surface area contributed by atoms with Crippen molar-refractivity contribution in [1.29, 1.82) is 0 Å². The molecule has 1 aliphatic rings. The minimum absolute atomic E-state index is 0.334. The van der Waals surface area contributed by atoms with Crippen LogP contribution in [0, 0.1) is 5.92 Å². The second kappa shape index (κ2) is 14.2. The molecule has 0 saturated carbocycles. The van der Waals surface area contributed by atoms with Gasteiger partial charge >= 0.3 is 0 Å². The van der Waals surface area contributed by atoms with Gasteiger partial charge in [-0.1, -0.05) is 13.8 Å². The Kier molecular flexibility index (Phi) is 12.6. The van der Waals surface area contributed by atoms with Crippen LogP contribution in [0.25, 0.3) is 0 Å². The third-order valence-corrected chi connectivity index (χ3v) is 4.32. The fourth-order valence-electron chi connectivity index (χ4n) is 2.94. The number of likely N-dealkylation sites (tertiary alicyclic amines) is 1.